The summed E-state index contributed by atoms with van der Waals surface area (Å²) in [5.74, 6) is -1.65. The summed E-state index contributed by atoms with van der Waals surface area (Å²) in [6.45, 7) is 1.80. The maximum Gasteiger partial charge on any atom is 0.354 e. The molecular formula is C23H20ClN3O5S. The van der Waals surface area contributed by atoms with Gasteiger partial charge in [-0.05, 0) is 66.6 Å². The highest BCUT2D eigenvalue weighted by atomic mass is 35.5. The van der Waals surface area contributed by atoms with Gasteiger partial charge in [0.1, 0.15) is 5.84 Å². The van der Waals surface area contributed by atoms with Gasteiger partial charge in [0.25, 0.3) is 5.91 Å². The molecule has 0 aliphatic rings. The Morgan fingerprint density at radius 3 is 2.24 bits per heavy atom. The third kappa shape index (κ3) is 5.97. The van der Waals surface area contributed by atoms with Crippen LogP contribution in [0.5, 0.6) is 0 Å². The molecule has 0 aliphatic heterocycles. The molecule has 10 heteroatoms. The fourth-order valence-corrected chi connectivity index (χ4v) is 3.65. The molecule has 0 aromatic heterocycles. The van der Waals surface area contributed by atoms with Crippen LogP contribution in [0, 0.1) is 12.3 Å². The average molecular weight is 486 g/mol. The van der Waals surface area contributed by atoms with E-state index in [1.165, 1.54) is 18.2 Å². The SMILES string of the molecule is Cc1ccc(-c2cc(Cl)ccc2C(=O)OS(C)(=O)=O)c(C(=O)Nc2ccc(C(=N)N)cc2)c1. The van der Waals surface area contributed by atoms with E-state index in [0.29, 0.717) is 16.8 Å². The molecule has 3 rings (SSSR count). The topological polar surface area (TPSA) is 139 Å². The Hall–Kier alpha value is -3.69. The van der Waals surface area contributed by atoms with Crippen molar-refractivity contribution in [1.82, 2.24) is 0 Å². The standard InChI is InChI=1S/C23H20ClN3O5S/c1-13-3-9-17(19-12-15(24)6-10-18(19)23(29)32-33(2,30)31)20(11-13)22(28)27-16-7-4-14(5-8-16)21(25)26/h3-12H,1-2H3,(H3,25,26)(H,27,28). The second kappa shape index (κ2) is 9.43. The number of nitrogens with one attached hydrogen (secondary N) is 2. The molecule has 8 nitrogen and oxygen atoms in total. The second-order valence-corrected chi connectivity index (χ2v) is 9.27. The van der Waals surface area contributed by atoms with Crippen molar-refractivity contribution in [3.63, 3.8) is 0 Å². The summed E-state index contributed by atoms with van der Waals surface area (Å²) in [7, 11) is -4.05. The highest BCUT2D eigenvalue weighted by molar-refractivity contribution is 7.86. The summed E-state index contributed by atoms with van der Waals surface area (Å²) in [4.78, 5) is 25.7. The molecule has 0 unspecified atom stereocenters. The smallest absolute Gasteiger partial charge is 0.354 e. The van der Waals surface area contributed by atoms with E-state index >= 15 is 0 Å². The number of hydrogen-bond acceptors (Lipinski definition) is 6. The van der Waals surface area contributed by atoms with E-state index in [4.69, 9.17) is 22.7 Å². The van der Waals surface area contributed by atoms with Crippen molar-refractivity contribution >= 4 is 45.1 Å². The Bertz CT molecular complexity index is 1370. The van der Waals surface area contributed by atoms with Crippen LogP contribution in [-0.4, -0.2) is 32.4 Å². The number of aryl methyl sites for hydroxylation is 1. The Morgan fingerprint density at radius 2 is 1.64 bits per heavy atom. The highest BCUT2D eigenvalue weighted by Gasteiger charge is 2.22. The molecular weight excluding hydrogens is 466 g/mol. The van der Waals surface area contributed by atoms with Gasteiger partial charge in [0.15, 0.2) is 0 Å². The molecule has 0 heterocycles. The number of hydrogen-bond donors (Lipinski definition) is 3. The fourth-order valence-electron chi connectivity index (χ4n) is 3.11. The van der Waals surface area contributed by atoms with Crippen molar-refractivity contribution in [2.45, 2.75) is 6.92 Å². The van der Waals surface area contributed by atoms with Gasteiger partial charge in [-0.1, -0.05) is 29.3 Å². The van der Waals surface area contributed by atoms with Gasteiger partial charge in [-0.2, -0.15) is 8.42 Å². The van der Waals surface area contributed by atoms with E-state index in [1.807, 2.05) is 0 Å². The first-order valence-electron chi connectivity index (χ1n) is 9.55. The van der Waals surface area contributed by atoms with E-state index in [2.05, 4.69) is 9.50 Å². The minimum Gasteiger partial charge on any atom is -0.384 e. The summed E-state index contributed by atoms with van der Waals surface area (Å²) < 4.78 is 27.5. The Labute approximate surface area is 196 Å². The number of nitrogens with two attached hydrogens (primary N) is 1. The van der Waals surface area contributed by atoms with Gasteiger partial charge >= 0.3 is 16.1 Å². The summed E-state index contributed by atoms with van der Waals surface area (Å²) in [6.07, 6.45) is 0.766. The molecule has 0 saturated heterocycles. The minimum absolute atomic E-state index is 0.0615. The van der Waals surface area contributed by atoms with E-state index < -0.39 is 22.0 Å². The van der Waals surface area contributed by atoms with Crippen molar-refractivity contribution < 1.29 is 22.2 Å². The zero-order valence-electron chi connectivity index (χ0n) is 17.7. The van der Waals surface area contributed by atoms with Crippen LogP contribution < -0.4 is 11.1 Å². The predicted molar refractivity (Wildman–Crippen MR) is 127 cm³/mol. The van der Waals surface area contributed by atoms with Crippen LogP contribution in [0.15, 0.2) is 60.7 Å². The van der Waals surface area contributed by atoms with Gasteiger partial charge in [0.05, 0.1) is 11.8 Å². The van der Waals surface area contributed by atoms with Crippen LogP contribution in [0.4, 0.5) is 5.69 Å². The molecule has 0 spiro atoms. The molecule has 33 heavy (non-hydrogen) atoms. The number of amidine groups is 1. The second-order valence-electron chi connectivity index (χ2n) is 7.26. The number of anilines is 1. The summed E-state index contributed by atoms with van der Waals surface area (Å²) in [5.41, 5.74) is 8.01. The van der Waals surface area contributed by atoms with E-state index in [9.17, 15) is 18.0 Å². The van der Waals surface area contributed by atoms with Crippen LogP contribution in [0.3, 0.4) is 0 Å². The van der Waals surface area contributed by atoms with Gasteiger partial charge in [-0.15, -0.1) is 0 Å². The van der Waals surface area contributed by atoms with Crippen molar-refractivity contribution in [2.75, 3.05) is 11.6 Å². The zero-order chi connectivity index (χ0) is 24.3. The largest absolute Gasteiger partial charge is 0.384 e. The molecule has 0 bridgehead atoms. The van der Waals surface area contributed by atoms with Crippen molar-refractivity contribution in [3.05, 3.63) is 87.9 Å². The predicted octanol–water partition coefficient (Wildman–Crippen LogP) is 3.97. The van der Waals surface area contributed by atoms with Gasteiger partial charge in [0.2, 0.25) is 0 Å². The third-order valence-electron chi connectivity index (χ3n) is 4.59. The minimum atomic E-state index is -4.05. The molecule has 1 amide bonds. The molecule has 3 aromatic rings. The van der Waals surface area contributed by atoms with Gasteiger partial charge in [-0.3, -0.25) is 10.2 Å². The zero-order valence-corrected chi connectivity index (χ0v) is 19.3. The van der Waals surface area contributed by atoms with Crippen molar-refractivity contribution in [2.24, 2.45) is 5.73 Å². The Morgan fingerprint density at radius 1 is 0.970 bits per heavy atom. The van der Waals surface area contributed by atoms with Crippen LogP contribution in [0.2, 0.25) is 5.02 Å². The first-order chi connectivity index (χ1) is 15.4. The molecule has 0 aliphatic carbocycles. The van der Waals surface area contributed by atoms with E-state index in [-0.39, 0.29) is 27.5 Å². The number of rotatable bonds is 6. The summed E-state index contributed by atoms with van der Waals surface area (Å²) in [5, 5.41) is 10.5. The number of nitrogen functional groups attached to an aromatic ring is 1. The fraction of sp³-hybridized carbons (Fsp3) is 0.0870. The lowest BCUT2D eigenvalue weighted by Crippen LogP contribution is -2.16. The molecule has 3 aromatic carbocycles. The summed E-state index contributed by atoms with van der Waals surface area (Å²) in [6, 6.07) is 15.7. The first-order valence-corrected chi connectivity index (χ1v) is 11.7. The van der Waals surface area contributed by atoms with Crippen molar-refractivity contribution in [1.29, 1.82) is 5.41 Å². The normalized spacial score (nSPS) is 11.0. The van der Waals surface area contributed by atoms with Crippen LogP contribution in [0.25, 0.3) is 11.1 Å². The maximum atomic E-state index is 13.2. The quantitative estimate of drug-likeness (QED) is 0.274. The van der Waals surface area contributed by atoms with E-state index in [1.54, 1.807) is 49.4 Å². The van der Waals surface area contributed by atoms with Crippen LogP contribution in [-0.2, 0) is 14.3 Å². The monoisotopic (exact) mass is 485 g/mol. The number of benzene rings is 3. The number of carbonyl (C=O) groups is 2. The van der Waals surface area contributed by atoms with Gasteiger partial charge < -0.3 is 15.2 Å². The van der Waals surface area contributed by atoms with Crippen LogP contribution >= 0.6 is 11.6 Å². The lowest BCUT2D eigenvalue weighted by Gasteiger charge is -2.15. The molecule has 0 saturated carbocycles. The molecule has 4 N–H and O–H groups in total. The number of amides is 1. The number of halogens is 1. The summed E-state index contributed by atoms with van der Waals surface area (Å²) >= 11 is 6.14. The number of carbonyl (C=O) groups excluding carboxylic acids is 2. The van der Waals surface area contributed by atoms with Crippen LogP contribution in [0.1, 0.15) is 31.8 Å². The first kappa shape index (κ1) is 24.0. The molecule has 170 valence electrons. The molecule has 0 fully saturated rings. The Kier molecular flexibility index (Phi) is 6.85. The van der Waals surface area contributed by atoms with E-state index in [0.717, 1.165) is 11.8 Å². The van der Waals surface area contributed by atoms with Gasteiger partial charge in [-0.25, -0.2) is 4.79 Å². The lowest BCUT2D eigenvalue weighted by molar-refractivity contribution is 0.0748. The molecule has 0 atom stereocenters. The lowest BCUT2D eigenvalue weighted by atomic mass is 9.93. The average Bonchev–Trinajstić information content (AvgIpc) is 2.72. The Balaban J connectivity index is 2.06. The maximum absolute atomic E-state index is 13.2. The molecule has 0 radical (unpaired) electrons. The van der Waals surface area contributed by atoms with Crippen molar-refractivity contribution in [3.8, 4) is 11.1 Å². The van der Waals surface area contributed by atoms with Gasteiger partial charge in [0, 0.05) is 21.8 Å². The third-order valence-corrected chi connectivity index (χ3v) is 5.28. The highest BCUT2D eigenvalue weighted by Crippen LogP contribution is 2.32.